The van der Waals surface area contributed by atoms with Crippen molar-refractivity contribution in [2.75, 3.05) is 0 Å². The van der Waals surface area contributed by atoms with Crippen molar-refractivity contribution < 1.29 is 0 Å². The van der Waals surface area contributed by atoms with Crippen LogP contribution >= 0.6 is 0 Å². The fraction of sp³-hybridized carbons (Fsp3) is 0.114. The van der Waals surface area contributed by atoms with Crippen molar-refractivity contribution in [3.05, 3.63) is 126 Å². The molecule has 170 valence electrons. The smallest absolute Gasteiger partial charge is 0.0780 e. The van der Waals surface area contributed by atoms with Gasteiger partial charge in [0.15, 0.2) is 0 Å². The summed E-state index contributed by atoms with van der Waals surface area (Å²) < 4.78 is 0. The van der Waals surface area contributed by atoms with Crippen molar-refractivity contribution >= 4 is 21.5 Å². The summed E-state index contributed by atoms with van der Waals surface area (Å²) in [5, 5.41) is 5.03. The van der Waals surface area contributed by atoms with Crippen LogP contribution in [0.4, 0.5) is 0 Å². The molecule has 1 heterocycles. The van der Waals surface area contributed by atoms with Gasteiger partial charge in [-0.25, -0.2) is 0 Å². The van der Waals surface area contributed by atoms with Crippen LogP contribution in [0.5, 0.6) is 0 Å². The molecule has 0 radical (unpaired) electrons. The maximum atomic E-state index is 4.97. The zero-order valence-corrected chi connectivity index (χ0v) is 20.4. The molecule has 0 bridgehead atoms. The zero-order valence-electron chi connectivity index (χ0n) is 20.4. The van der Waals surface area contributed by atoms with Gasteiger partial charge >= 0.3 is 0 Å². The molecular formula is C35H25N. The van der Waals surface area contributed by atoms with E-state index in [1.807, 2.05) is 6.20 Å². The zero-order chi connectivity index (χ0) is 24.0. The third-order valence-electron chi connectivity index (χ3n) is 8.30. The summed E-state index contributed by atoms with van der Waals surface area (Å²) in [6, 6.07) is 36.0. The van der Waals surface area contributed by atoms with Gasteiger partial charge in [0.05, 0.1) is 5.69 Å². The minimum Gasteiger partial charge on any atom is -0.256 e. The van der Waals surface area contributed by atoms with Crippen LogP contribution in [0.2, 0.25) is 0 Å². The number of nitrogens with zero attached hydrogens (tertiary/aromatic N) is 1. The second-order valence-electron chi connectivity index (χ2n) is 10.5. The summed E-state index contributed by atoms with van der Waals surface area (Å²) in [7, 11) is 0. The average molecular weight is 460 g/mol. The molecule has 36 heavy (non-hydrogen) atoms. The Labute approximate surface area is 211 Å². The first-order chi connectivity index (χ1) is 17.7. The maximum absolute atomic E-state index is 4.97. The molecule has 0 aliphatic heterocycles. The largest absolute Gasteiger partial charge is 0.256 e. The molecule has 2 aliphatic carbocycles. The molecule has 1 aromatic heterocycles. The second-order valence-corrected chi connectivity index (χ2v) is 10.5. The van der Waals surface area contributed by atoms with E-state index in [2.05, 4.69) is 111 Å². The fourth-order valence-electron chi connectivity index (χ4n) is 6.79. The molecule has 2 aliphatic rings. The summed E-state index contributed by atoms with van der Waals surface area (Å²) in [4.78, 5) is 4.97. The van der Waals surface area contributed by atoms with E-state index < -0.39 is 0 Å². The Bertz CT molecular complexity index is 1870. The first-order valence-electron chi connectivity index (χ1n) is 12.9. The first-order valence-corrected chi connectivity index (χ1v) is 12.9. The van der Waals surface area contributed by atoms with Crippen molar-refractivity contribution in [1.29, 1.82) is 0 Å². The van der Waals surface area contributed by atoms with Crippen molar-refractivity contribution in [2.45, 2.75) is 25.7 Å². The quantitative estimate of drug-likeness (QED) is 0.235. The van der Waals surface area contributed by atoms with E-state index in [4.69, 9.17) is 4.98 Å². The van der Waals surface area contributed by atoms with E-state index in [1.54, 1.807) is 0 Å². The third kappa shape index (κ3) is 2.53. The topological polar surface area (TPSA) is 12.9 Å². The summed E-state index contributed by atoms with van der Waals surface area (Å²) in [6.45, 7) is 4.64. The predicted octanol–water partition coefficient (Wildman–Crippen LogP) is 9.32. The fourth-order valence-corrected chi connectivity index (χ4v) is 6.79. The Hall–Kier alpha value is -4.23. The van der Waals surface area contributed by atoms with Crippen LogP contribution in [0.25, 0.3) is 55.1 Å². The number of aromatic nitrogens is 1. The molecule has 0 saturated heterocycles. The van der Waals surface area contributed by atoms with Crippen molar-refractivity contribution in [2.24, 2.45) is 0 Å². The molecule has 0 fully saturated rings. The van der Waals surface area contributed by atoms with Crippen LogP contribution in [0.3, 0.4) is 0 Å². The number of rotatable bonds is 2. The number of fused-ring (bicyclic) bond motifs is 9. The number of hydrogen-bond donors (Lipinski definition) is 0. The Kier molecular flexibility index (Phi) is 3.97. The molecule has 5 aromatic carbocycles. The highest BCUT2D eigenvalue weighted by molar-refractivity contribution is 6.11. The normalized spacial score (nSPS) is 14.9. The molecule has 1 unspecified atom stereocenters. The van der Waals surface area contributed by atoms with Crippen LogP contribution in [-0.4, -0.2) is 4.98 Å². The minimum atomic E-state index is 0.302. The average Bonchev–Trinajstić information content (AvgIpc) is 3.44. The van der Waals surface area contributed by atoms with Gasteiger partial charge in [-0.15, -0.1) is 0 Å². The molecule has 1 nitrogen and oxygen atoms in total. The van der Waals surface area contributed by atoms with Gasteiger partial charge < -0.3 is 0 Å². The first kappa shape index (κ1) is 20.0. The van der Waals surface area contributed by atoms with Gasteiger partial charge in [-0.1, -0.05) is 92.7 Å². The Morgan fingerprint density at radius 3 is 2.36 bits per heavy atom. The van der Waals surface area contributed by atoms with Gasteiger partial charge in [0.25, 0.3) is 0 Å². The van der Waals surface area contributed by atoms with E-state index in [1.165, 1.54) is 71.6 Å². The number of hydrogen-bond acceptors (Lipinski definition) is 1. The van der Waals surface area contributed by atoms with Crippen LogP contribution < -0.4 is 0 Å². The molecule has 8 rings (SSSR count). The van der Waals surface area contributed by atoms with Gasteiger partial charge in [-0.2, -0.15) is 0 Å². The highest BCUT2D eigenvalue weighted by atomic mass is 14.7. The van der Waals surface area contributed by atoms with Gasteiger partial charge in [0, 0.05) is 23.1 Å². The molecule has 0 spiro atoms. The SMILES string of the molecule is CC(C)c1cc(-c2nccc3c2ccc2ccccc23)cc2c1-c1cccc3c1C2c1ccccc1-3. The van der Waals surface area contributed by atoms with Gasteiger partial charge in [-0.05, 0) is 84.8 Å². The van der Waals surface area contributed by atoms with E-state index in [-0.39, 0.29) is 0 Å². The van der Waals surface area contributed by atoms with Crippen LogP contribution in [-0.2, 0) is 0 Å². The van der Waals surface area contributed by atoms with Crippen LogP contribution in [0.15, 0.2) is 103 Å². The molecule has 0 amide bonds. The minimum absolute atomic E-state index is 0.302. The van der Waals surface area contributed by atoms with Gasteiger partial charge in [0.1, 0.15) is 0 Å². The lowest BCUT2D eigenvalue weighted by molar-refractivity contribution is 0.867. The summed E-state index contributed by atoms with van der Waals surface area (Å²) >= 11 is 0. The Morgan fingerprint density at radius 1 is 0.639 bits per heavy atom. The van der Waals surface area contributed by atoms with E-state index in [0.29, 0.717) is 11.8 Å². The number of benzene rings is 5. The lowest BCUT2D eigenvalue weighted by atomic mass is 9.85. The Morgan fingerprint density at radius 2 is 1.44 bits per heavy atom. The van der Waals surface area contributed by atoms with E-state index >= 15 is 0 Å². The highest BCUT2D eigenvalue weighted by Crippen LogP contribution is 2.59. The van der Waals surface area contributed by atoms with Crippen molar-refractivity contribution in [1.82, 2.24) is 4.98 Å². The highest BCUT2D eigenvalue weighted by Gasteiger charge is 2.40. The molecular weight excluding hydrogens is 434 g/mol. The molecule has 0 N–H and O–H groups in total. The van der Waals surface area contributed by atoms with Gasteiger partial charge in [0.2, 0.25) is 0 Å². The standard InChI is InChI=1S/C35H25N/c1-20(2)30-18-22(35-28-15-14-21-8-3-4-9-23(21)25(28)16-17-36-35)19-31-32(30)29-13-7-12-27-24-10-5-6-11-26(24)34(31)33(27)29/h3-20,34H,1-2H3. The second kappa shape index (κ2) is 7.15. The van der Waals surface area contributed by atoms with E-state index in [0.717, 1.165) is 5.69 Å². The summed E-state index contributed by atoms with van der Waals surface area (Å²) in [5.74, 6) is 0.718. The third-order valence-corrected chi connectivity index (χ3v) is 8.30. The summed E-state index contributed by atoms with van der Waals surface area (Å²) in [6.07, 6.45) is 1.98. The maximum Gasteiger partial charge on any atom is 0.0780 e. The van der Waals surface area contributed by atoms with Gasteiger partial charge in [-0.3, -0.25) is 4.98 Å². The molecule has 6 aromatic rings. The lowest BCUT2D eigenvalue weighted by Crippen LogP contribution is -2.00. The number of pyridine rings is 1. The Balaban J connectivity index is 1.44. The van der Waals surface area contributed by atoms with Crippen molar-refractivity contribution in [3.8, 4) is 33.5 Å². The van der Waals surface area contributed by atoms with Crippen LogP contribution in [0, 0.1) is 0 Å². The van der Waals surface area contributed by atoms with Crippen LogP contribution in [0.1, 0.15) is 47.9 Å². The monoisotopic (exact) mass is 459 g/mol. The van der Waals surface area contributed by atoms with E-state index in [9.17, 15) is 0 Å². The summed E-state index contributed by atoms with van der Waals surface area (Å²) in [5.41, 5.74) is 13.7. The van der Waals surface area contributed by atoms with Crippen molar-refractivity contribution in [3.63, 3.8) is 0 Å². The predicted molar refractivity (Wildman–Crippen MR) is 151 cm³/mol. The molecule has 1 heteroatoms. The lowest BCUT2D eigenvalue weighted by Gasteiger charge is -2.19. The molecule has 0 saturated carbocycles. The molecule has 1 atom stereocenters.